The van der Waals surface area contributed by atoms with E-state index in [0.717, 1.165) is 11.8 Å². The summed E-state index contributed by atoms with van der Waals surface area (Å²) in [6.07, 6.45) is -3.39. The van der Waals surface area contributed by atoms with Crippen LogP contribution in [0.5, 0.6) is 0 Å². The fraction of sp³-hybridized carbons (Fsp3) is 0.273. The average Bonchev–Trinajstić information content (AvgIpc) is 2.73. The van der Waals surface area contributed by atoms with E-state index in [-0.39, 0.29) is 17.3 Å². The lowest BCUT2D eigenvalue weighted by molar-refractivity contribution is -0.141. The van der Waals surface area contributed by atoms with Gasteiger partial charge in [-0.15, -0.1) is 11.6 Å². The van der Waals surface area contributed by atoms with Gasteiger partial charge in [-0.1, -0.05) is 0 Å². The molecule has 2 nitrogen and oxygen atoms in total. The smallest absolute Gasteiger partial charge is 0.236 e. The van der Waals surface area contributed by atoms with Gasteiger partial charge in [-0.25, -0.2) is 9.97 Å². The first-order chi connectivity index (χ1) is 8.43. The summed E-state index contributed by atoms with van der Waals surface area (Å²) in [4.78, 5) is 7.54. The summed E-state index contributed by atoms with van der Waals surface area (Å²) in [5.41, 5.74) is 0.396. The predicted octanol–water partition coefficient (Wildman–Crippen LogP) is 4.27. The van der Waals surface area contributed by atoms with Crippen LogP contribution in [-0.2, 0) is 12.1 Å². The molecule has 0 spiro atoms. The van der Waals surface area contributed by atoms with Crippen LogP contribution in [0.3, 0.4) is 0 Å². The highest BCUT2D eigenvalue weighted by molar-refractivity contribution is 7.08. The van der Waals surface area contributed by atoms with E-state index >= 15 is 0 Å². The van der Waals surface area contributed by atoms with Crippen molar-refractivity contribution < 1.29 is 13.2 Å². The molecule has 2 aromatic heterocycles. The third-order valence-corrected chi connectivity index (χ3v) is 3.52. The van der Waals surface area contributed by atoms with Crippen molar-refractivity contribution >= 4 is 22.9 Å². The highest BCUT2D eigenvalue weighted by Crippen LogP contribution is 2.33. The van der Waals surface area contributed by atoms with Crippen molar-refractivity contribution in [2.45, 2.75) is 19.0 Å². The van der Waals surface area contributed by atoms with Crippen LogP contribution in [0.15, 0.2) is 17.0 Å². The van der Waals surface area contributed by atoms with Gasteiger partial charge in [0.2, 0.25) is 0 Å². The monoisotopic (exact) mass is 292 g/mol. The molecule has 0 saturated carbocycles. The summed E-state index contributed by atoms with van der Waals surface area (Å²) in [7, 11) is 0. The Kier molecular flexibility index (Phi) is 3.59. The van der Waals surface area contributed by atoms with Crippen molar-refractivity contribution in [3.63, 3.8) is 0 Å². The minimum Gasteiger partial charge on any atom is -0.236 e. The minimum absolute atomic E-state index is 0.0786. The summed E-state index contributed by atoms with van der Waals surface area (Å²) < 4.78 is 38.4. The number of hydrogen-bond acceptors (Lipinski definition) is 3. The van der Waals surface area contributed by atoms with E-state index in [1.807, 2.05) is 5.38 Å². The second kappa shape index (κ2) is 4.85. The van der Waals surface area contributed by atoms with Crippen molar-refractivity contribution in [3.05, 3.63) is 33.8 Å². The molecule has 0 aromatic carbocycles. The quantitative estimate of drug-likeness (QED) is 0.773. The molecule has 0 saturated heterocycles. The Morgan fingerprint density at radius 1 is 1.33 bits per heavy atom. The molecule has 2 heterocycles. The lowest BCUT2D eigenvalue weighted by Crippen LogP contribution is -2.13. The number of thiophene rings is 1. The molecule has 0 N–H and O–H groups in total. The molecule has 0 aliphatic rings. The number of nitrogens with zero attached hydrogens (tertiary/aromatic N) is 2. The fourth-order valence-electron chi connectivity index (χ4n) is 1.47. The molecule has 0 aliphatic heterocycles. The van der Waals surface area contributed by atoms with E-state index in [9.17, 15) is 13.2 Å². The lowest BCUT2D eigenvalue weighted by Gasteiger charge is -2.11. The SMILES string of the molecule is Cc1cscc1-c1ncc(CCl)c(C(F)(F)F)n1. The number of hydrogen-bond donors (Lipinski definition) is 0. The zero-order valence-corrected chi connectivity index (χ0v) is 10.8. The van der Waals surface area contributed by atoms with Crippen molar-refractivity contribution in [1.29, 1.82) is 0 Å². The van der Waals surface area contributed by atoms with Gasteiger partial charge >= 0.3 is 6.18 Å². The van der Waals surface area contributed by atoms with Gasteiger partial charge in [-0.3, -0.25) is 0 Å². The molecule has 96 valence electrons. The number of aromatic nitrogens is 2. The minimum atomic E-state index is -4.52. The van der Waals surface area contributed by atoms with E-state index in [0.29, 0.717) is 5.56 Å². The summed E-state index contributed by atoms with van der Waals surface area (Å²) in [5.74, 6) is -0.187. The van der Waals surface area contributed by atoms with Gasteiger partial charge < -0.3 is 0 Å². The Morgan fingerprint density at radius 3 is 2.56 bits per heavy atom. The fourth-order valence-corrected chi connectivity index (χ4v) is 2.49. The maximum absolute atomic E-state index is 12.8. The molecule has 0 amide bonds. The molecule has 18 heavy (non-hydrogen) atoms. The van der Waals surface area contributed by atoms with Gasteiger partial charge in [0, 0.05) is 22.7 Å². The van der Waals surface area contributed by atoms with Crippen molar-refractivity contribution in [2.75, 3.05) is 0 Å². The Morgan fingerprint density at radius 2 is 2.06 bits per heavy atom. The lowest BCUT2D eigenvalue weighted by atomic mass is 10.2. The molecule has 7 heteroatoms. The molecule has 0 bridgehead atoms. The predicted molar refractivity (Wildman–Crippen MR) is 64.6 cm³/mol. The van der Waals surface area contributed by atoms with Crippen molar-refractivity contribution in [2.24, 2.45) is 0 Å². The Bertz CT molecular complexity index is 566. The third-order valence-electron chi connectivity index (χ3n) is 2.37. The standard InChI is InChI=1S/C11H8ClF3N2S/c1-6-4-18-5-8(6)10-16-3-7(2-12)9(17-10)11(13,14)15/h3-5H,2H2,1H3. The van der Waals surface area contributed by atoms with Crippen molar-refractivity contribution in [3.8, 4) is 11.4 Å². The maximum Gasteiger partial charge on any atom is 0.433 e. The van der Waals surface area contributed by atoms with E-state index in [2.05, 4.69) is 9.97 Å². The molecule has 0 unspecified atom stereocenters. The van der Waals surface area contributed by atoms with E-state index in [4.69, 9.17) is 11.6 Å². The van der Waals surface area contributed by atoms with E-state index in [1.165, 1.54) is 11.3 Å². The van der Waals surface area contributed by atoms with Gasteiger partial charge in [0.25, 0.3) is 0 Å². The zero-order chi connectivity index (χ0) is 13.3. The van der Waals surface area contributed by atoms with Crippen LogP contribution in [0, 0.1) is 6.92 Å². The van der Waals surface area contributed by atoms with E-state index in [1.54, 1.807) is 12.3 Å². The largest absolute Gasteiger partial charge is 0.433 e. The van der Waals surface area contributed by atoms with Crippen LogP contribution >= 0.6 is 22.9 Å². The number of alkyl halides is 4. The summed E-state index contributed by atoms with van der Waals surface area (Å²) in [6.45, 7) is 1.80. The topological polar surface area (TPSA) is 25.8 Å². The first-order valence-corrected chi connectivity index (χ1v) is 6.43. The van der Waals surface area contributed by atoms with Crippen LogP contribution in [0.25, 0.3) is 11.4 Å². The molecular weight excluding hydrogens is 285 g/mol. The van der Waals surface area contributed by atoms with Gasteiger partial charge in [-0.2, -0.15) is 24.5 Å². The van der Waals surface area contributed by atoms with Gasteiger partial charge in [0.05, 0.1) is 5.88 Å². The average molecular weight is 293 g/mol. The summed E-state index contributed by atoms with van der Waals surface area (Å²) in [5, 5.41) is 3.56. The number of halogens is 4. The second-order valence-electron chi connectivity index (χ2n) is 3.67. The Balaban J connectivity index is 2.57. The Hall–Kier alpha value is -1.14. The maximum atomic E-state index is 12.8. The highest BCUT2D eigenvalue weighted by Gasteiger charge is 2.36. The van der Waals surface area contributed by atoms with E-state index < -0.39 is 11.9 Å². The van der Waals surface area contributed by atoms with Crippen molar-refractivity contribution in [1.82, 2.24) is 9.97 Å². The summed E-state index contributed by atoms with van der Waals surface area (Å²) in [6, 6.07) is 0. The van der Waals surface area contributed by atoms with Crippen LogP contribution in [0.4, 0.5) is 13.2 Å². The van der Waals surface area contributed by atoms with Gasteiger partial charge in [0.1, 0.15) is 0 Å². The van der Waals surface area contributed by atoms with Crippen LogP contribution in [-0.4, -0.2) is 9.97 Å². The molecular formula is C11H8ClF3N2S. The second-order valence-corrected chi connectivity index (χ2v) is 4.68. The van der Waals surface area contributed by atoms with Gasteiger partial charge in [0.15, 0.2) is 11.5 Å². The molecule has 0 atom stereocenters. The molecule has 2 rings (SSSR count). The number of rotatable bonds is 2. The highest BCUT2D eigenvalue weighted by atomic mass is 35.5. The molecule has 0 aliphatic carbocycles. The van der Waals surface area contributed by atoms with Gasteiger partial charge in [-0.05, 0) is 17.9 Å². The van der Waals surface area contributed by atoms with Crippen LogP contribution in [0.2, 0.25) is 0 Å². The summed E-state index contributed by atoms with van der Waals surface area (Å²) >= 11 is 6.87. The van der Waals surface area contributed by atoms with Crippen LogP contribution < -0.4 is 0 Å². The zero-order valence-electron chi connectivity index (χ0n) is 9.25. The molecule has 0 radical (unpaired) electrons. The third kappa shape index (κ3) is 2.49. The van der Waals surface area contributed by atoms with Crippen LogP contribution in [0.1, 0.15) is 16.8 Å². The first kappa shape index (κ1) is 13.3. The Labute approximate surface area is 110 Å². The number of aryl methyl sites for hydroxylation is 1. The molecule has 0 fully saturated rings. The normalized spacial score (nSPS) is 11.8. The first-order valence-electron chi connectivity index (χ1n) is 4.95. The molecule has 2 aromatic rings.